The summed E-state index contributed by atoms with van der Waals surface area (Å²) in [5.74, 6) is 0. The van der Waals surface area contributed by atoms with Crippen molar-refractivity contribution in [3.05, 3.63) is 24.2 Å². The smallest absolute Gasteiger partial charge is 0.0947 e. The van der Waals surface area contributed by atoms with E-state index in [-0.39, 0.29) is 12.0 Å². The normalized spacial score (nSPS) is 25.4. The summed E-state index contributed by atoms with van der Waals surface area (Å²) in [6, 6.07) is 1.97. The Balaban J connectivity index is 1.89. The van der Waals surface area contributed by atoms with Gasteiger partial charge in [0.15, 0.2) is 0 Å². The highest BCUT2D eigenvalue weighted by Gasteiger charge is 2.33. The zero-order chi connectivity index (χ0) is 12.1. The van der Waals surface area contributed by atoms with Gasteiger partial charge in [-0.15, -0.1) is 0 Å². The third-order valence-corrected chi connectivity index (χ3v) is 3.38. The molecule has 17 heavy (non-hydrogen) atoms. The van der Waals surface area contributed by atoms with Crippen LogP contribution in [0.15, 0.2) is 23.0 Å². The third-order valence-electron chi connectivity index (χ3n) is 3.38. The van der Waals surface area contributed by atoms with Crippen molar-refractivity contribution in [1.82, 2.24) is 4.90 Å². The molecule has 2 heterocycles. The molecule has 1 aliphatic rings. The van der Waals surface area contributed by atoms with Crippen molar-refractivity contribution in [3.8, 4) is 0 Å². The van der Waals surface area contributed by atoms with Crippen LogP contribution in [0.2, 0.25) is 0 Å². The van der Waals surface area contributed by atoms with Crippen LogP contribution in [0, 0.1) is 5.41 Å². The van der Waals surface area contributed by atoms with Gasteiger partial charge in [0.2, 0.25) is 0 Å². The summed E-state index contributed by atoms with van der Waals surface area (Å²) in [5, 5.41) is 9.59. The fourth-order valence-electron chi connectivity index (χ4n) is 2.53. The Bertz CT molecular complexity index is 317. The van der Waals surface area contributed by atoms with Crippen LogP contribution in [0.1, 0.15) is 18.4 Å². The Kier molecular flexibility index (Phi) is 4.20. The third kappa shape index (κ3) is 3.31. The molecule has 1 aliphatic heterocycles. The number of aliphatic hydroxyl groups excluding tert-OH is 1. The second kappa shape index (κ2) is 5.67. The lowest BCUT2D eigenvalue weighted by Crippen LogP contribution is -2.44. The van der Waals surface area contributed by atoms with Gasteiger partial charge in [-0.05, 0) is 26.0 Å². The zero-order valence-electron chi connectivity index (χ0n) is 10.4. The molecule has 1 saturated heterocycles. The van der Waals surface area contributed by atoms with Gasteiger partial charge in [0.1, 0.15) is 0 Å². The van der Waals surface area contributed by atoms with Gasteiger partial charge in [-0.25, -0.2) is 0 Å². The molecule has 0 aromatic carbocycles. The molecule has 0 saturated carbocycles. The Labute approximate surface area is 102 Å². The minimum atomic E-state index is -0.0866. The first-order chi connectivity index (χ1) is 8.24. The van der Waals surface area contributed by atoms with Gasteiger partial charge in [0.25, 0.3) is 0 Å². The molecule has 0 bridgehead atoms. The fraction of sp³-hybridized carbons (Fsp3) is 0.692. The molecule has 1 aromatic heterocycles. The predicted octanol–water partition coefficient (Wildman–Crippen LogP) is 1.50. The monoisotopic (exact) mass is 239 g/mol. The quantitative estimate of drug-likeness (QED) is 0.846. The van der Waals surface area contributed by atoms with Crippen molar-refractivity contribution in [1.29, 1.82) is 0 Å². The van der Waals surface area contributed by atoms with E-state index in [0.717, 1.165) is 38.1 Å². The standard InChI is InChI=1S/C13H21NO3/c1-14(7-12-3-6-16-8-12)9-13(10-15)4-2-5-17-11-13/h3,6,8,15H,2,4-5,7,9-11H2,1H3. The lowest BCUT2D eigenvalue weighted by molar-refractivity contribution is -0.0531. The Morgan fingerprint density at radius 2 is 2.41 bits per heavy atom. The van der Waals surface area contributed by atoms with Gasteiger partial charge in [0.05, 0.1) is 25.7 Å². The second-order valence-corrected chi connectivity index (χ2v) is 5.12. The van der Waals surface area contributed by atoms with E-state index in [4.69, 9.17) is 9.15 Å². The molecular weight excluding hydrogens is 218 g/mol. The molecular formula is C13H21NO3. The first-order valence-corrected chi connectivity index (χ1v) is 6.12. The number of furan rings is 1. The van der Waals surface area contributed by atoms with Crippen LogP contribution in [-0.4, -0.2) is 43.4 Å². The van der Waals surface area contributed by atoms with E-state index in [2.05, 4.69) is 11.9 Å². The van der Waals surface area contributed by atoms with E-state index in [0.29, 0.717) is 6.61 Å². The topological polar surface area (TPSA) is 45.8 Å². The number of hydrogen-bond acceptors (Lipinski definition) is 4. The van der Waals surface area contributed by atoms with E-state index < -0.39 is 0 Å². The molecule has 0 spiro atoms. The molecule has 2 rings (SSSR count). The maximum absolute atomic E-state index is 9.59. The summed E-state index contributed by atoms with van der Waals surface area (Å²) >= 11 is 0. The van der Waals surface area contributed by atoms with Crippen LogP contribution in [0.5, 0.6) is 0 Å². The van der Waals surface area contributed by atoms with Gasteiger partial charge in [-0.3, -0.25) is 0 Å². The van der Waals surface area contributed by atoms with Gasteiger partial charge in [-0.2, -0.15) is 0 Å². The summed E-state index contributed by atoms with van der Waals surface area (Å²) in [5.41, 5.74) is 1.08. The fourth-order valence-corrected chi connectivity index (χ4v) is 2.53. The van der Waals surface area contributed by atoms with Gasteiger partial charge in [-0.1, -0.05) is 0 Å². The van der Waals surface area contributed by atoms with Crippen LogP contribution in [0.4, 0.5) is 0 Å². The van der Waals surface area contributed by atoms with E-state index >= 15 is 0 Å². The van der Waals surface area contributed by atoms with Crippen molar-refractivity contribution in [3.63, 3.8) is 0 Å². The first-order valence-electron chi connectivity index (χ1n) is 6.12. The minimum absolute atomic E-state index is 0.0866. The van der Waals surface area contributed by atoms with Crippen LogP contribution >= 0.6 is 0 Å². The second-order valence-electron chi connectivity index (χ2n) is 5.12. The van der Waals surface area contributed by atoms with Crippen LogP contribution in [-0.2, 0) is 11.3 Å². The highest BCUT2D eigenvalue weighted by atomic mass is 16.5. The average molecular weight is 239 g/mol. The SMILES string of the molecule is CN(Cc1ccoc1)CC1(CO)CCCOC1. The number of hydrogen-bond donors (Lipinski definition) is 1. The van der Waals surface area contributed by atoms with Crippen molar-refractivity contribution >= 4 is 0 Å². The van der Waals surface area contributed by atoms with Crippen molar-refractivity contribution in [2.24, 2.45) is 5.41 Å². The molecule has 4 heteroatoms. The van der Waals surface area contributed by atoms with E-state index in [1.807, 2.05) is 6.07 Å². The predicted molar refractivity (Wildman–Crippen MR) is 64.6 cm³/mol. The molecule has 96 valence electrons. The highest BCUT2D eigenvalue weighted by Crippen LogP contribution is 2.29. The molecule has 1 unspecified atom stereocenters. The first kappa shape index (κ1) is 12.6. The Hall–Kier alpha value is -0.840. The van der Waals surface area contributed by atoms with E-state index in [1.165, 1.54) is 0 Å². The largest absolute Gasteiger partial charge is 0.472 e. The van der Waals surface area contributed by atoms with Crippen LogP contribution < -0.4 is 0 Å². The Morgan fingerprint density at radius 3 is 3.00 bits per heavy atom. The zero-order valence-corrected chi connectivity index (χ0v) is 10.4. The van der Waals surface area contributed by atoms with Crippen molar-refractivity contribution in [2.45, 2.75) is 19.4 Å². The average Bonchev–Trinajstić information content (AvgIpc) is 2.83. The van der Waals surface area contributed by atoms with Gasteiger partial charge < -0.3 is 19.2 Å². The molecule has 1 N–H and O–H groups in total. The lowest BCUT2D eigenvalue weighted by atomic mass is 9.83. The molecule has 0 amide bonds. The molecule has 1 fully saturated rings. The summed E-state index contributed by atoms with van der Waals surface area (Å²) in [4.78, 5) is 2.22. The van der Waals surface area contributed by atoms with Gasteiger partial charge in [0, 0.05) is 30.7 Å². The lowest BCUT2D eigenvalue weighted by Gasteiger charge is -2.38. The number of ether oxygens (including phenoxy) is 1. The summed E-state index contributed by atoms with van der Waals surface area (Å²) in [6.07, 6.45) is 5.54. The molecule has 0 aliphatic carbocycles. The maximum Gasteiger partial charge on any atom is 0.0947 e. The molecule has 1 atom stereocenters. The van der Waals surface area contributed by atoms with Crippen molar-refractivity contribution in [2.75, 3.05) is 33.4 Å². The highest BCUT2D eigenvalue weighted by molar-refractivity contribution is 5.04. The van der Waals surface area contributed by atoms with E-state index in [1.54, 1.807) is 12.5 Å². The van der Waals surface area contributed by atoms with Crippen molar-refractivity contribution < 1.29 is 14.3 Å². The Morgan fingerprint density at radius 1 is 1.53 bits per heavy atom. The number of rotatable bonds is 5. The summed E-state index contributed by atoms with van der Waals surface area (Å²) in [6.45, 7) is 3.39. The number of aliphatic hydroxyl groups is 1. The van der Waals surface area contributed by atoms with Gasteiger partial charge >= 0.3 is 0 Å². The molecule has 4 nitrogen and oxygen atoms in total. The number of nitrogens with zero attached hydrogens (tertiary/aromatic N) is 1. The maximum atomic E-state index is 9.59. The molecule has 0 radical (unpaired) electrons. The summed E-state index contributed by atoms with van der Waals surface area (Å²) < 4.78 is 10.6. The molecule has 1 aromatic rings. The van der Waals surface area contributed by atoms with Crippen LogP contribution in [0.25, 0.3) is 0 Å². The minimum Gasteiger partial charge on any atom is -0.472 e. The van der Waals surface area contributed by atoms with Crippen LogP contribution in [0.3, 0.4) is 0 Å². The summed E-state index contributed by atoms with van der Waals surface area (Å²) in [7, 11) is 2.07. The van der Waals surface area contributed by atoms with E-state index in [9.17, 15) is 5.11 Å².